The Balaban J connectivity index is 2.45. The van der Waals surface area contributed by atoms with E-state index in [1.54, 1.807) is 0 Å². The van der Waals surface area contributed by atoms with Gasteiger partial charge in [0.05, 0.1) is 25.9 Å². The molecule has 1 aliphatic heterocycles. The summed E-state index contributed by atoms with van der Waals surface area (Å²) < 4.78 is 34.6. The lowest BCUT2D eigenvalue weighted by Gasteiger charge is -2.30. The minimum atomic E-state index is -5.15. The molecule has 0 aliphatic carbocycles. The van der Waals surface area contributed by atoms with Crippen molar-refractivity contribution in [2.45, 2.75) is 43.2 Å². The number of aliphatic hydroxyl groups is 2. The van der Waals surface area contributed by atoms with Crippen molar-refractivity contribution in [3.63, 3.8) is 0 Å². The smallest absolute Gasteiger partial charge is 0.359 e. The average molecular weight is 454 g/mol. The van der Waals surface area contributed by atoms with E-state index in [4.69, 9.17) is 18.9 Å². The van der Waals surface area contributed by atoms with Gasteiger partial charge in [0.15, 0.2) is 11.6 Å². The topological polar surface area (TPSA) is 190 Å². The van der Waals surface area contributed by atoms with Gasteiger partial charge < -0.3 is 38.9 Å². The normalized spacial score (nSPS) is 26.6. The van der Waals surface area contributed by atoms with Crippen molar-refractivity contribution in [3.8, 4) is 0 Å². The summed E-state index contributed by atoms with van der Waals surface area (Å²) in [6, 6.07) is 0. The first-order chi connectivity index (χ1) is 14.0. The van der Waals surface area contributed by atoms with E-state index >= 15 is 0 Å². The summed E-state index contributed by atoms with van der Waals surface area (Å²) >= 11 is 0. The highest BCUT2D eigenvalue weighted by Crippen LogP contribution is 2.52. The molecule has 0 aromatic carbocycles. The van der Waals surface area contributed by atoms with Crippen LogP contribution >= 0.6 is 7.60 Å². The highest BCUT2D eigenvalue weighted by Gasteiger charge is 2.54. The number of methoxy groups -OCH3 is 2. The third kappa shape index (κ3) is 5.07. The van der Waals surface area contributed by atoms with Crippen LogP contribution in [0.5, 0.6) is 0 Å². The lowest BCUT2D eigenvalue weighted by atomic mass is 10.0. The highest BCUT2D eigenvalue weighted by atomic mass is 31.2. The third-order valence-corrected chi connectivity index (χ3v) is 6.31. The average Bonchev–Trinajstić information content (AvgIpc) is 3.00. The molecule has 14 heteroatoms. The Bertz CT molecular complexity index is 881. The van der Waals surface area contributed by atoms with Gasteiger partial charge in [-0.3, -0.25) is 18.9 Å². The summed E-state index contributed by atoms with van der Waals surface area (Å²) in [5, 5.41) is 16.9. The van der Waals surface area contributed by atoms with Crippen LogP contribution in [0.3, 0.4) is 0 Å². The van der Waals surface area contributed by atoms with Gasteiger partial charge in [0, 0.05) is 32.4 Å². The Morgan fingerprint density at radius 2 is 1.93 bits per heavy atom. The standard InChI is InChI=1S/C16H27N2O11P/c1-9-7-18(15(21)17-13(9)20)14-12(28-5-4-26-2)11(27-3)10(29-14)6-16(22,8-19)30(23,24)25/h7,10-12,14,19,22H,4-6,8H2,1-3H3,(H,17,20,21)(H2,23,24,25)/t10-,11-,12-,14-,16?/m1/s1. The molecule has 13 nitrogen and oxygen atoms in total. The number of hydrogen-bond acceptors (Lipinski definition) is 9. The molecule has 5 N–H and O–H groups in total. The van der Waals surface area contributed by atoms with Gasteiger partial charge in [-0.25, -0.2) is 4.79 Å². The van der Waals surface area contributed by atoms with E-state index in [-0.39, 0.29) is 18.8 Å². The predicted molar refractivity (Wildman–Crippen MR) is 101 cm³/mol. The summed E-state index contributed by atoms with van der Waals surface area (Å²) in [5.41, 5.74) is -1.16. The van der Waals surface area contributed by atoms with Gasteiger partial charge in [-0.15, -0.1) is 0 Å². The molecule has 5 atom stereocenters. The quantitative estimate of drug-likeness (QED) is 0.195. The first-order valence-electron chi connectivity index (χ1n) is 8.98. The largest absolute Gasteiger partial charge is 0.393 e. The molecular weight excluding hydrogens is 427 g/mol. The zero-order valence-corrected chi connectivity index (χ0v) is 17.7. The fraction of sp³-hybridized carbons (Fsp3) is 0.750. The summed E-state index contributed by atoms with van der Waals surface area (Å²) in [5.74, 6) is 0. The van der Waals surface area contributed by atoms with Gasteiger partial charge in [-0.05, 0) is 6.92 Å². The van der Waals surface area contributed by atoms with E-state index in [2.05, 4.69) is 4.98 Å². The van der Waals surface area contributed by atoms with E-state index < -0.39 is 61.8 Å². The monoisotopic (exact) mass is 454 g/mol. The van der Waals surface area contributed by atoms with Crippen molar-refractivity contribution in [3.05, 3.63) is 32.6 Å². The summed E-state index contributed by atoms with van der Waals surface area (Å²) in [6.07, 6.45) is -3.71. The molecule has 2 rings (SSSR count). The van der Waals surface area contributed by atoms with Crippen molar-refractivity contribution < 1.29 is 43.5 Å². The van der Waals surface area contributed by atoms with Crippen LogP contribution in [0, 0.1) is 6.92 Å². The highest BCUT2D eigenvalue weighted by molar-refractivity contribution is 7.53. The maximum Gasteiger partial charge on any atom is 0.359 e. The van der Waals surface area contributed by atoms with E-state index in [9.17, 15) is 34.2 Å². The molecule has 0 spiro atoms. The molecule has 1 fully saturated rings. The molecule has 1 saturated heterocycles. The molecule has 2 heterocycles. The van der Waals surface area contributed by atoms with Crippen LogP contribution in [0.2, 0.25) is 0 Å². The number of aromatic nitrogens is 2. The maximum atomic E-state index is 12.3. The van der Waals surface area contributed by atoms with Crippen molar-refractivity contribution in [1.29, 1.82) is 0 Å². The molecule has 30 heavy (non-hydrogen) atoms. The van der Waals surface area contributed by atoms with Crippen LogP contribution in [0.1, 0.15) is 18.2 Å². The van der Waals surface area contributed by atoms with Crippen LogP contribution in [0.15, 0.2) is 15.8 Å². The molecular formula is C16H27N2O11P. The van der Waals surface area contributed by atoms with E-state index in [0.29, 0.717) is 0 Å². The van der Waals surface area contributed by atoms with Crippen molar-refractivity contribution in [2.24, 2.45) is 0 Å². The van der Waals surface area contributed by atoms with E-state index in [1.807, 2.05) is 0 Å². The first-order valence-corrected chi connectivity index (χ1v) is 10.6. The molecule has 172 valence electrons. The molecule has 1 aliphatic rings. The number of H-pyrrole nitrogens is 1. The Morgan fingerprint density at radius 1 is 1.27 bits per heavy atom. The van der Waals surface area contributed by atoms with Gasteiger partial charge in [0.1, 0.15) is 12.2 Å². The maximum absolute atomic E-state index is 12.3. The van der Waals surface area contributed by atoms with Crippen molar-refractivity contribution in [2.75, 3.05) is 34.0 Å². The molecule has 0 saturated carbocycles. The summed E-state index contributed by atoms with van der Waals surface area (Å²) in [4.78, 5) is 45.1. The van der Waals surface area contributed by atoms with Gasteiger partial charge in [-0.1, -0.05) is 0 Å². The van der Waals surface area contributed by atoms with E-state index in [0.717, 1.165) is 4.57 Å². The van der Waals surface area contributed by atoms with Gasteiger partial charge in [0.25, 0.3) is 5.56 Å². The van der Waals surface area contributed by atoms with Crippen LogP contribution in [-0.4, -0.2) is 87.2 Å². The number of ether oxygens (including phenoxy) is 4. The summed E-state index contributed by atoms with van der Waals surface area (Å²) in [7, 11) is -2.39. The number of aliphatic hydroxyl groups excluding tert-OH is 1. The lowest BCUT2D eigenvalue weighted by molar-refractivity contribution is -0.0863. The SMILES string of the molecule is COCCO[C@@H]1[C@H](OC)[C@@H](CC(O)(CO)P(=O)(O)O)O[C@H]1n1cc(C)c(=O)[nH]c1=O. The predicted octanol–water partition coefficient (Wildman–Crippen LogP) is -1.96. The van der Waals surface area contributed by atoms with Crippen LogP contribution < -0.4 is 11.2 Å². The van der Waals surface area contributed by atoms with Crippen molar-refractivity contribution in [1.82, 2.24) is 9.55 Å². The number of aromatic amines is 1. The minimum absolute atomic E-state index is 0.0768. The Kier molecular flexibility index (Phi) is 8.13. The fourth-order valence-electron chi connectivity index (χ4n) is 3.20. The molecule has 1 aromatic rings. The molecule has 1 aromatic heterocycles. The molecule has 1 unspecified atom stereocenters. The Morgan fingerprint density at radius 3 is 2.47 bits per heavy atom. The number of nitrogens with zero attached hydrogens (tertiary/aromatic N) is 1. The van der Waals surface area contributed by atoms with Gasteiger partial charge in [-0.2, -0.15) is 0 Å². The second-order valence-corrected chi connectivity index (χ2v) is 8.88. The van der Waals surface area contributed by atoms with Gasteiger partial charge >= 0.3 is 13.3 Å². The zero-order valence-electron chi connectivity index (χ0n) is 16.8. The van der Waals surface area contributed by atoms with Crippen LogP contribution in [0.4, 0.5) is 0 Å². The van der Waals surface area contributed by atoms with Crippen molar-refractivity contribution >= 4 is 7.60 Å². The Hall–Kier alpha value is -1.41. The summed E-state index contributed by atoms with van der Waals surface area (Å²) in [6.45, 7) is 0.527. The van der Waals surface area contributed by atoms with E-state index in [1.165, 1.54) is 27.3 Å². The van der Waals surface area contributed by atoms with Gasteiger partial charge in [0.2, 0.25) is 0 Å². The second-order valence-electron chi connectivity index (χ2n) is 6.96. The molecule has 0 bridgehead atoms. The first kappa shape index (κ1) is 24.9. The number of nitrogens with one attached hydrogen (secondary N) is 1. The number of rotatable bonds is 10. The third-order valence-electron chi connectivity index (χ3n) is 4.90. The number of hydrogen-bond donors (Lipinski definition) is 5. The van der Waals surface area contributed by atoms with Crippen LogP contribution in [0.25, 0.3) is 0 Å². The molecule has 0 amide bonds. The van der Waals surface area contributed by atoms with Crippen LogP contribution in [-0.2, 0) is 23.5 Å². The lowest BCUT2D eigenvalue weighted by Crippen LogP contribution is -2.43. The second kappa shape index (κ2) is 9.81. The Labute approximate surface area is 171 Å². The zero-order chi connectivity index (χ0) is 22.7. The minimum Gasteiger partial charge on any atom is -0.393 e. The fourth-order valence-corrected chi connectivity index (χ4v) is 3.80. The number of aryl methyl sites for hydroxylation is 1. The molecule has 0 radical (unpaired) electrons.